The molecule has 1 aliphatic rings. The first-order valence-electron chi connectivity index (χ1n) is 8.08. The first-order valence-corrected chi connectivity index (χ1v) is 8.08. The quantitative estimate of drug-likeness (QED) is 0.872. The Kier molecular flexibility index (Phi) is 5.13. The molecule has 1 aromatic carbocycles. The minimum atomic E-state index is -0.514. The van der Waals surface area contributed by atoms with E-state index in [9.17, 15) is 9.59 Å². The number of alkyl carbamates (subject to hydrolysis) is 1. The number of rotatable bonds is 5. The van der Waals surface area contributed by atoms with Gasteiger partial charge in [0.05, 0.1) is 25.5 Å². The van der Waals surface area contributed by atoms with Gasteiger partial charge in [0, 0.05) is 23.9 Å². The maximum atomic E-state index is 12.4. The van der Waals surface area contributed by atoms with Gasteiger partial charge in [-0.2, -0.15) is 0 Å². The molecular weight excluding hydrogens is 322 g/mol. The predicted octanol–water partition coefficient (Wildman–Crippen LogP) is 2.51. The molecule has 3 rings (SSSR count). The van der Waals surface area contributed by atoms with Gasteiger partial charge in [-0.3, -0.25) is 9.78 Å². The van der Waals surface area contributed by atoms with E-state index in [0.717, 1.165) is 23.4 Å². The number of fused-ring (bicyclic) bond motifs is 1. The molecule has 0 saturated heterocycles. The van der Waals surface area contributed by atoms with Gasteiger partial charge in [0.1, 0.15) is 5.75 Å². The van der Waals surface area contributed by atoms with Crippen molar-refractivity contribution in [3.63, 3.8) is 0 Å². The lowest BCUT2D eigenvalue weighted by Crippen LogP contribution is -2.24. The number of benzene rings is 1. The third kappa shape index (κ3) is 4.26. The molecule has 0 spiro atoms. The largest absolute Gasteiger partial charge is 0.493 e. The van der Waals surface area contributed by atoms with Gasteiger partial charge in [-0.05, 0) is 42.8 Å². The van der Waals surface area contributed by atoms with Gasteiger partial charge in [-0.15, -0.1) is 0 Å². The normalized spacial score (nSPS) is 12.0. The number of carbonyl (C=O) groups is 2. The minimum Gasteiger partial charge on any atom is -0.493 e. The zero-order valence-corrected chi connectivity index (χ0v) is 13.9. The van der Waals surface area contributed by atoms with E-state index in [1.165, 1.54) is 6.20 Å². The molecule has 0 atom stereocenters. The van der Waals surface area contributed by atoms with Crippen LogP contribution >= 0.6 is 0 Å². The van der Waals surface area contributed by atoms with E-state index in [4.69, 9.17) is 9.47 Å². The van der Waals surface area contributed by atoms with Gasteiger partial charge < -0.3 is 20.1 Å². The molecule has 7 heteroatoms. The SMILES string of the molecule is CCOC(=O)NCc1cc(C(=O)Nc2ccc3c(c2)CCO3)ccn1. The molecule has 0 unspecified atom stereocenters. The van der Waals surface area contributed by atoms with Crippen LogP contribution in [-0.4, -0.2) is 30.2 Å². The van der Waals surface area contributed by atoms with Crippen molar-refractivity contribution in [2.45, 2.75) is 19.9 Å². The predicted molar refractivity (Wildman–Crippen MR) is 91.7 cm³/mol. The number of pyridine rings is 1. The highest BCUT2D eigenvalue weighted by molar-refractivity contribution is 6.04. The van der Waals surface area contributed by atoms with Crippen molar-refractivity contribution in [1.29, 1.82) is 0 Å². The molecule has 0 radical (unpaired) electrons. The first-order chi connectivity index (χ1) is 12.2. The van der Waals surface area contributed by atoms with Crippen LogP contribution in [0.25, 0.3) is 0 Å². The van der Waals surface area contributed by atoms with E-state index in [1.807, 2.05) is 18.2 Å². The van der Waals surface area contributed by atoms with Crippen molar-refractivity contribution in [3.05, 3.63) is 53.3 Å². The molecule has 1 aliphatic heterocycles. The molecule has 2 amide bonds. The molecule has 130 valence electrons. The average molecular weight is 341 g/mol. The molecule has 2 heterocycles. The van der Waals surface area contributed by atoms with Gasteiger partial charge in [0.25, 0.3) is 5.91 Å². The van der Waals surface area contributed by atoms with Crippen molar-refractivity contribution in [2.24, 2.45) is 0 Å². The summed E-state index contributed by atoms with van der Waals surface area (Å²) in [4.78, 5) is 27.9. The Morgan fingerprint density at radius 1 is 1.28 bits per heavy atom. The number of aromatic nitrogens is 1. The van der Waals surface area contributed by atoms with Crippen LogP contribution in [0.15, 0.2) is 36.5 Å². The summed E-state index contributed by atoms with van der Waals surface area (Å²) in [7, 11) is 0. The summed E-state index contributed by atoms with van der Waals surface area (Å²) in [6.45, 7) is 2.89. The van der Waals surface area contributed by atoms with E-state index in [0.29, 0.717) is 24.5 Å². The lowest BCUT2D eigenvalue weighted by atomic mass is 10.1. The highest BCUT2D eigenvalue weighted by atomic mass is 16.5. The van der Waals surface area contributed by atoms with Crippen LogP contribution in [0.2, 0.25) is 0 Å². The summed E-state index contributed by atoms with van der Waals surface area (Å²) in [5.74, 6) is 0.632. The van der Waals surface area contributed by atoms with Gasteiger partial charge in [-0.25, -0.2) is 4.79 Å². The Morgan fingerprint density at radius 3 is 3.00 bits per heavy atom. The Morgan fingerprint density at radius 2 is 2.16 bits per heavy atom. The monoisotopic (exact) mass is 341 g/mol. The number of nitrogens with zero attached hydrogens (tertiary/aromatic N) is 1. The van der Waals surface area contributed by atoms with Crippen LogP contribution in [0.5, 0.6) is 5.75 Å². The van der Waals surface area contributed by atoms with Crippen LogP contribution in [0.3, 0.4) is 0 Å². The number of hydrogen-bond acceptors (Lipinski definition) is 5. The van der Waals surface area contributed by atoms with E-state index in [-0.39, 0.29) is 12.5 Å². The molecule has 25 heavy (non-hydrogen) atoms. The Balaban J connectivity index is 1.64. The van der Waals surface area contributed by atoms with Crippen molar-refractivity contribution >= 4 is 17.7 Å². The zero-order chi connectivity index (χ0) is 17.6. The highest BCUT2D eigenvalue weighted by Gasteiger charge is 2.14. The van der Waals surface area contributed by atoms with E-state index in [2.05, 4.69) is 15.6 Å². The summed E-state index contributed by atoms with van der Waals surface area (Å²) in [6, 6.07) is 8.86. The fourth-order valence-corrected chi connectivity index (χ4v) is 2.53. The molecule has 0 bridgehead atoms. The fraction of sp³-hybridized carbons (Fsp3) is 0.278. The summed E-state index contributed by atoms with van der Waals surface area (Å²) in [6.07, 6.45) is 1.87. The molecular formula is C18H19N3O4. The zero-order valence-electron chi connectivity index (χ0n) is 13.9. The van der Waals surface area contributed by atoms with Gasteiger partial charge in [0.2, 0.25) is 0 Å². The van der Waals surface area contributed by atoms with Crippen molar-refractivity contribution in [2.75, 3.05) is 18.5 Å². The summed E-state index contributed by atoms with van der Waals surface area (Å²) < 4.78 is 10.2. The van der Waals surface area contributed by atoms with Crippen LogP contribution in [0, 0.1) is 0 Å². The third-order valence-electron chi connectivity index (χ3n) is 3.72. The number of nitrogens with one attached hydrogen (secondary N) is 2. The minimum absolute atomic E-state index is 0.191. The molecule has 0 saturated carbocycles. The van der Waals surface area contributed by atoms with Crippen LogP contribution in [-0.2, 0) is 17.7 Å². The second kappa shape index (κ2) is 7.65. The number of ether oxygens (including phenoxy) is 2. The number of amides is 2. The lowest BCUT2D eigenvalue weighted by Gasteiger charge is -2.08. The van der Waals surface area contributed by atoms with Crippen LogP contribution in [0.4, 0.5) is 10.5 Å². The van der Waals surface area contributed by atoms with Gasteiger partial charge >= 0.3 is 6.09 Å². The number of anilines is 1. The van der Waals surface area contributed by atoms with Crippen LogP contribution in [0.1, 0.15) is 28.5 Å². The molecule has 0 fully saturated rings. The van der Waals surface area contributed by atoms with Crippen LogP contribution < -0.4 is 15.4 Å². The summed E-state index contributed by atoms with van der Waals surface area (Å²) >= 11 is 0. The molecule has 7 nitrogen and oxygen atoms in total. The second-order valence-electron chi connectivity index (χ2n) is 5.48. The maximum Gasteiger partial charge on any atom is 0.407 e. The molecule has 2 aromatic rings. The third-order valence-corrected chi connectivity index (χ3v) is 3.72. The van der Waals surface area contributed by atoms with Crippen molar-refractivity contribution in [3.8, 4) is 5.75 Å². The van der Waals surface area contributed by atoms with Gasteiger partial charge in [-0.1, -0.05) is 0 Å². The Hall–Kier alpha value is -3.09. The van der Waals surface area contributed by atoms with Crippen molar-refractivity contribution in [1.82, 2.24) is 10.3 Å². The second-order valence-corrected chi connectivity index (χ2v) is 5.48. The smallest absolute Gasteiger partial charge is 0.407 e. The standard InChI is InChI=1S/C18H19N3O4/c1-2-24-18(23)20-11-15-10-13(5-7-19-15)17(22)21-14-3-4-16-12(9-14)6-8-25-16/h3-5,7,9-10H,2,6,8,11H2,1H3,(H,20,23)(H,21,22). The molecule has 1 aromatic heterocycles. The van der Waals surface area contributed by atoms with Crippen molar-refractivity contribution < 1.29 is 19.1 Å². The van der Waals surface area contributed by atoms with E-state index >= 15 is 0 Å². The topological polar surface area (TPSA) is 89.5 Å². The number of carbonyl (C=O) groups excluding carboxylic acids is 2. The molecule has 0 aliphatic carbocycles. The maximum absolute atomic E-state index is 12.4. The molecule has 2 N–H and O–H groups in total. The first kappa shape index (κ1) is 16.8. The Bertz CT molecular complexity index is 792. The highest BCUT2D eigenvalue weighted by Crippen LogP contribution is 2.28. The number of hydrogen-bond donors (Lipinski definition) is 2. The summed E-state index contributed by atoms with van der Waals surface area (Å²) in [5.41, 5.74) is 2.85. The lowest BCUT2D eigenvalue weighted by molar-refractivity contribution is 0.102. The summed E-state index contributed by atoms with van der Waals surface area (Å²) in [5, 5.41) is 5.44. The average Bonchev–Trinajstić information content (AvgIpc) is 3.08. The Labute approximate surface area is 145 Å². The fourth-order valence-electron chi connectivity index (χ4n) is 2.53. The van der Waals surface area contributed by atoms with Gasteiger partial charge in [0.15, 0.2) is 0 Å². The van der Waals surface area contributed by atoms with E-state index < -0.39 is 6.09 Å². The van der Waals surface area contributed by atoms with E-state index in [1.54, 1.807) is 19.1 Å².